The van der Waals surface area contributed by atoms with Gasteiger partial charge in [-0.15, -0.1) is 0 Å². The zero-order valence-corrected chi connectivity index (χ0v) is 13.5. The molecule has 0 fully saturated rings. The van der Waals surface area contributed by atoms with E-state index >= 15 is 0 Å². The first-order chi connectivity index (χ1) is 11.2. The van der Waals surface area contributed by atoms with E-state index in [0.717, 1.165) is 11.5 Å². The third-order valence-electron chi connectivity index (χ3n) is 3.71. The molecule has 0 bridgehead atoms. The first kappa shape index (κ1) is 15.2. The molecule has 2 nitrogen and oxygen atoms in total. The van der Waals surface area contributed by atoms with E-state index in [2.05, 4.69) is 50.2 Å². The highest BCUT2D eigenvalue weighted by molar-refractivity contribution is 5.64. The summed E-state index contributed by atoms with van der Waals surface area (Å²) in [5.41, 5.74) is 4.86. The van der Waals surface area contributed by atoms with Gasteiger partial charge in [-0.25, -0.2) is 0 Å². The summed E-state index contributed by atoms with van der Waals surface area (Å²) in [6.07, 6.45) is 0. The van der Waals surface area contributed by atoms with Gasteiger partial charge >= 0.3 is 0 Å². The largest absolute Gasteiger partial charge is 0.458 e. The Morgan fingerprint density at radius 2 is 0.870 bits per heavy atom. The standard InChI is InChI=1S/C21H20O2/c1-16-3-7-18(8-4-16)19-9-13-21(14-10-19)23-15-22-20-11-5-17(2)6-12-20/h3-14H,15H2,1-2H3. The van der Waals surface area contributed by atoms with Crippen LogP contribution in [0.15, 0.2) is 72.8 Å². The highest BCUT2D eigenvalue weighted by Crippen LogP contribution is 2.23. The molecule has 3 rings (SSSR count). The Morgan fingerprint density at radius 3 is 1.35 bits per heavy atom. The second kappa shape index (κ2) is 7.01. The van der Waals surface area contributed by atoms with E-state index < -0.39 is 0 Å². The maximum atomic E-state index is 5.63. The van der Waals surface area contributed by atoms with Crippen LogP contribution in [0.25, 0.3) is 11.1 Å². The lowest BCUT2D eigenvalue weighted by Crippen LogP contribution is -2.05. The van der Waals surface area contributed by atoms with E-state index in [0.29, 0.717) is 0 Å². The van der Waals surface area contributed by atoms with Gasteiger partial charge < -0.3 is 9.47 Å². The van der Waals surface area contributed by atoms with Gasteiger partial charge in [-0.1, -0.05) is 59.7 Å². The maximum Gasteiger partial charge on any atom is 0.230 e. The van der Waals surface area contributed by atoms with Crippen molar-refractivity contribution >= 4 is 0 Å². The van der Waals surface area contributed by atoms with E-state index in [4.69, 9.17) is 9.47 Å². The van der Waals surface area contributed by atoms with Crippen molar-refractivity contribution < 1.29 is 9.47 Å². The molecule has 0 unspecified atom stereocenters. The number of rotatable bonds is 5. The van der Waals surface area contributed by atoms with Gasteiger partial charge in [-0.05, 0) is 49.2 Å². The summed E-state index contributed by atoms with van der Waals surface area (Å²) in [6, 6.07) is 24.5. The van der Waals surface area contributed by atoms with Crippen LogP contribution in [0.5, 0.6) is 11.5 Å². The molecule has 0 spiro atoms. The fraction of sp³-hybridized carbons (Fsp3) is 0.143. The highest BCUT2D eigenvalue weighted by atomic mass is 16.7. The molecule has 0 heterocycles. The van der Waals surface area contributed by atoms with Gasteiger partial charge in [0.25, 0.3) is 0 Å². The molecule has 0 amide bonds. The normalized spacial score (nSPS) is 10.3. The van der Waals surface area contributed by atoms with Gasteiger partial charge in [0.15, 0.2) is 0 Å². The molecule has 0 N–H and O–H groups in total. The smallest absolute Gasteiger partial charge is 0.230 e. The SMILES string of the molecule is Cc1ccc(OCOc2ccc(-c3ccc(C)cc3)cc2)cc1. The van der Waals surface area contributed by atoms with Crippen molar-refractivity contribution in [2.75, 3.05) is 6.79 Å². The van der Waals surface area contributed by atoms with Crippen LogP contribution in [-0.2, 0) is 0 Å². The van der Waals surface area contributed by atoms with Crippen molar-refractivity contribution in [3.05, 3.63) is 83.9 Å². The predicted molar refractivity (Wildman–Crippen MR) is 93.9 cm³/mol. The molecule has 23 heavy (non-hydrogen) atoms. The van der Waals surface area contributed by atoms with Crippen LogP contribution in [0.4, 0.5) is 0 Å². The lowest BCUT2D eigenvalue weighted by molar-refractivity contribution is 0.120. The van der Waals surface area contributed by atoms with Gasteiger partial charge in [0.2, 0.25) is 6.79 Å². The zero-order chi connectivity index (χ0) is 16.1. The Labute approximate surface area is 137 Å². The molecule has 0 saturated heterocycles. The average molecular weight is 304 g/mol. The lowest BCUT2D eigenvalue weighted by Gasteiger charge is -2.09. The van der Waals surface area contributed by atoms with E-state index in [1.165, 1.54) is 22.3 Å². The summed E-state index contributed by atoms with van der Waals surface area (Å²) in [4.78, 5) is 0. The molecule has 3 aromatic rings. The van der Waals surface area contributed by atoms with Crippen LogP contribution in [0, 0.1) is 13.8 Å². The highest BCUT2D eigenvalue weighted by Gasteiger charge is 1.99. The van der Waals surface area contributed by atoms with Gasteiger partial charge in [0.05, 0.1) is 0 Å². The molecule has 0 atom stereocenters. The minimum atomic E-state index is 0.201. The maximum absolute atomic E-state index is 5.63. The number of ether oxygens (including phenoxy) is 2. The average Bonchev–Trinajstić information content (AvgIpc) is 2.58. The molecule has 0 saturated carbocycles. The number of aryl methyl sites for hydroxylation is 2. The molecule has 0 radical (unpaired) electrons. The first-order valence-corrected chi connectivity index (χ1v) is 7.70. The van der Waals surface area contributed by atoms with E-state index in [9.17, 15) is 0 Å². The summed E-state index contributed by atoms with van der Waals surface area (Å²) in [6.45, 7) is 4.34. The lowest BCUT2D eigenvalue weighted by atomic mass is 10.0. The molecule has 0 aliphatic carbocycles. The topological polar surface area (TPSA) is 18.5 Å². The minimum Gasteiger partial charge on any atom is -0.458 e. The van der Waals surface area contributed by atoms with Crippen LogP contribution in [0.2, 0.25) is 0 Å². The van der Waals surface area contributed by atoms with Crippen molar-refractivity contribution in [1.29, 1.82) is 0 Å². The summed E-state index contributed by atoms with van der Waals surface area (Å²) in [5.74, 6) is 1.61. The summed E-state index contributed by atoms with van der Waals surface area (Å²) < 4.78 is 11.2. The van der Waals surface area contributed by atoms with Crippen LogP contribution >= 0.6 is 0 Å². The van der Waals surface area contributed by atoms with E-state index in [1.807, 2.05) is 36.4 Å². The van der Waals surface area contributed by atoms with Crippen molar-refractivity contribution in [1.82, 2.24) is 0 Å². The quantitative estimate of drug-likeness (QED) is 0.589. The Kier molecular flexibility index (Phi) is 4.62. The molecular weight excluding hydrogens is 284 g/mol. The molecule has 3 aromatic carbocycles. The second-order valence-electron chi connectivity index (χ2n) is 5.61. The number of hydrogen-bond donors (Lipinski definition) is 0. The van der Waals surface area contributed by atoms with Gasteiger partial charge in [0.1, 0.15) is 11.5 Å². The molecule has 2 heteroatoms. The van der Waals surface area contributed by atoms with Crippen LogP contribution in [-0.4, -0.2) is 6.79 Å². The van der Waals surface area contributed by atoms with Gasteiger partial charge in [0, 0.05) is 0 Å². The van der Waals surface area contributed by atoms with Crippen molar-refractivity contribution in [3.8, 4) is 22.6 Å². The Hall–Kier alpha value is -2.74. The van der Waals surface area contributed by atoms with Gasteiger partial charge in [-0.3, -0.25) is 0 Å². The molecular formula is C21H20O2. The van der Waals surface area contributed by atoms with Crippen LogP contribution < -0.4 is 9.47 Å². The van der Waals surface area contributed by atoms with Crippen LogP contribution in [0.1, 0.15) is 11.1 Å². The summed E-state index contributed by atoms with van der Waals surface area (Å²) >= 11 is 0. The third-order valence-corrected chi connectivity index (χ3v) is 3.71. The third kappa shape index (κ3) is 4.13. The number of benzene rings is 3. The first-order valence-electron chi connectivity index (χ1n) is 7.70. The predicted octanol–water partition coefficient (Wildman–Crippen LogP) is 5.39. The molecule has 0 aliphatic rings. The second-order valence-corrected chi connectivity index (χ2v) is 5.61. The Morgan fingerprint density at radius 1 is 0.522 bits per heavy atom. The Bertz CT molecular complexity index is 741. The zero-order valence-electron chi connectivity index (χ0n) is 13.5. The van der Waals surface area contributed by atoms with Crippen LogP contribution in [0.3, 0.4) is 0 Å². The van der Waals surface area contributed by atoms with E-state index in [1.54, 1.807) is 0 Å². The fourth-order valence-electron chi connectivity index (χ4n) is 2.29. The monoisotopic (exact) mass is 304 g/mol. The van der Waals surface area contributed by atoms with Crippen molar-refractivity contribution in [2.45, 2.75) is 13.8 Å². The molecule has 116 valence electrons. The van der Waals surface area contributed by atoms with E-state index in [-0.39, 0.29) is 6.79 Å². The fourth-order valence-corrected chi connectivity index (χ4v) is 2.29. The minimum absolute atomic E-state index is 0.201. The Balaban J connectivity index is 1.57. The van der Waals surface area contributed by atoms with Crippen molar-refractivity contribution in [3.63, 3.8) is 0 Å². The number of hydrogen-bond acceptors (Lipinski definition) is 2. The molecule has 0 aliphatic heterocycles. The van der Waals surface area contributed by atoms with Crippen molar-refractivity contribution in [2.24, 2.45) is 0 Å². The van der Waals surface area contributed by atoms with Gasteiger partial charge in [-0.2, -0.15) is 0 Å². The summed E-state index contributed by atoms with van der Waals surface area (Å²) in [5, 5.41) is 0. The molecule has 0 aromatic heterocycles. The summed E-state index contributed by atoms with van der Waals surface area (Å²) in [7, 11) is 0.